The van der Waals surface area contributed by atoms with Gasteiger partial charge >= 0.3 is 0 Å². The summed E-state index contributed by atoms with van der Waals surface area (Å²) in [7, 11) is 2.16. The van der Waals surface area contributed by atoms with Crippen molar-refractivity contribution in [3.05, 3.63) is 29.3 Å². The Kier molecular flexibility index (Phi) is 2.46. The minimum Gasteiger partial charge on any atom is -0.374 e. The van der Waals surface area contributed by atoms with Gasteiger partial charge in [-0.3, -0.25) is 0 Å². The fourth-order valence-corrected chi connectivity index (χ4v) is 2.49. The number of nitrogens with two attached hydrogens (primary N) is 1. The average Bonchev–Trinajstić information content (AvgIpc) is 2.46. The number of nitrogens with zero attached hydrogens (tertiary/aromatic N) is 1. The molecule has 1 aromatic rings. The maximum atomic E-state index is 5.64. The molecular weight excluding hydrogens is 172 g/mol. The molecule has 0 spiro atoms. The molecule has 14 heavy (non-hydrogen) atoms. The van der Waals surface area contributed by atoms with Gasteiger partial charge in [0.1, 0.15) is 0 Å². The summed E-state index contributed by atoms with van der Waals surface area (Å²) in [5.41, 5.74) is 9.96. The van der Waals surface area contributed by atoms with Gasteiger partial charge in [-0.15, -0.1) is 0 Å². The summed E-state index contributed by atoms with van der Waals surface area (Å²) in [4.78, 5) is 2.34. The van der Waals surface area contributed by atoms with Gasteiger partial charge in [0.05, 0.1) is 0 Å². The van der Waals surface area contributed by atoms with Gasteiger partial charge in [-0.25, -0.2) is 0 Å². The summed E-state index contributed by atoms with van der Waals surface area (Å²) in [6.07, 6.45) is 1.10. The van der Waals surface area contributed by atoms with Gasteiger partial charge < -0.3 is 10.6 Å². The van der Waals surface area contributed by atoms with Crippen molar-refractivity contribution >= 4 is 5.69 Å². The number of anilines is 1. The quantitative estimate of drug-likeness (QED) is 0.771. The van der Waals surface area contributed by atoms with Crippen LogP contribution in [0.5, 0.6) is 0 Å². The second-order valence-electron chi connectivity index (χ2n) is 4.16. The maximum Gasteiger partial charge on any atom is 0.0402 e. The van der Waals surface area contributed by atoms with Crippen LogP contribution in [0.2, 0.25) is 0 Å². The molecule has 76 valence electrons. The molecule has 2 heteroatoms. The third-order valence-corrected chi connectivity index (χ3v) is 3.13. The first-order valence-electron chi connectivity index (χ1n) is 5.24. The largest absolute Gasteiger partial charge is 0.374 e. The topological polar surface area (TPSA) is 29.3 Å². The number of hydrogen-bond donors (Lipinski definition) is 1. The smallest absolute Gasteiger partial charge is 0.0402 e. The highest BCUT2D eigenvalue weighted by Gasteiger charge is 2.26. The lowest BCUT2D eigenvalue weighted by Gasteiger charge is -2.11. The van der Waals surface area contributed by atoms with E-state index < -0.39 is 0 Å². The zero-order chi connectivity index (χ0) is 10.1. The lowest BCUT2D eigenvalue weighted by Crippen LogP contribution is -2.17. The van der Waals surface area contributed by atoms with Gasteiger partial charge in [-0.2, -0.15) is 0 Å². The Balaban J connectivity index is 2.40. The second kappa shape index (κ2) is 3.62. The van der Waals surface area contributed by atoms with E-state index in [1.807, 2.05) is 0 Å². The number of rotatable bonds is 2. The van der Waals surface area contributed by atoms with Crippen molar-refractivity contribution in [1.82, 2.24) is 0 Å². The number of fused-ring (bicyclic) bond motifs is 1. The fourth-order valence-electron chi connectivity index (χ4n) is 2.49. The molecule has 1 atom stereocenters. The standard InChI is InChI=1S/C12H18N2/c1-9-4-3-5-11-12(9)10(6-7-13)8-14(11)2/h3-5,10H,6-8,13H2,1-2H3. The molecule has 0 radical (unpaired) electrons. The van der Waals surface area contributed by atoms with Crippen LogP contribution in [0.1, 0.15) is 23.5 Å². The first-order valence-corrected chi connectivity index (χ1v) is 5.24. The third kappa shape index (κ3) is 1.40. The van der Waals surface area contributed by atoms with Crippen LogP contribution in [-0.2, 0) is 0 Å². The van der Waals surface area contributed by atoms with Crippen molar-refractivity contribution in [3.8, 4) is 0 Å². The van der Waals surface area contributed by atoms with Crippen molar-refractivity contribution < 1.29 is 0 Å². The highest BCUT2D eigenvalue weighted by molar-refractivity contribution is 5.62. The summed E-state index contributed by atoms with van der Waals surface area (Å²) in [6.45, 7) is 4.10. The van der Waals surface area contributed by atoms with Crippen LogP contribution in [0.25, 0.3) is 0 Å². The van der Waals surface area contributed by atoms with E-state index in [1.165, 1.54) is 16.8 Å². The molecule has 2 rings (SSSR count). The SMILES string of the molecule is Cc1cccc2c1C(CCN)CN2C. The minimum absolute atomic E-state index is 0.640. The predicted molar refractivity (Wildman–Crippen MR) is 60.9 cm³/mol. The molecule has 2 N–H and O–H groups in total. The van der Waals surface area contributed by atoms with Crippen LogP contribution in [0, 0.1) is 6.92 Å². The normalized spacial score (nSPS) is 19.9. The second-order valence-corrected chi connectivity index (χ2v) is 4.16. The van der Waals surface area contributed by atoms with Crippen molar-refractivity contribution in [2.45, 2.75) is 19.3 Å². The summed E-state index contributed by atoms with van der Waals surface area (Å²) >= 11 is 0. The van der Waals surface area contributed by atoms with Gasteiger partial charge in [-0.05, 0) is 37.1 Å². The van der Waals surface area contributed by atoms with Gasteiger partial charge in [-0.1, -0.05) is 12.1 Å². The zero-order valence-corrected chi connectivity index (χ0v) is 8.96. The molecule has 1 aliphatic rings. The monoisotopic (exact) mass is 190 g/mol. The molecule has 1 aliphatic heterocycles. The minimum atomic E-state index is 0.640. The highest BCUT2D eigenvalue weighted by atomic mass is 15.1. The molecular formula is C12H18N2. The fraction of sp³-hybridized carbons (Fsp3) is 0.500. The molecule has 0 fully saturated rings. The third-order valence-electron chi connectivity index (χ3n) is 3.13. The summed E-state index contributed by atoms with van der Waals surface area (Å²) in [5, 5.41) is 0. The molecule has 0 aliphatic carbocycles. The molecule has 1 heterocycles. The van der Waals surface area contributed by atoms with Crippen molar-refractivity contribution in [2.75, 3.05) is 25.0 Å². The van der Waals surface area contributed by atoms with E-state index in [2.05, 4.69) is 37.1 Å². The van der Waals surface area contributed by atoms with Gasteiger partial charge in [0, 0.05) is 25.2 Å². The average molecular weight is 190 g/mol. The van der Waals surface area contributed by atoms with E-state index in [0.29, 0.717) is 5.92 Å². The number of aryl methyl sites for hydroxylation is 1. The molecule has 0 aromatic heterocycles. The molecule has 2 nitrogen and oxygen atoms in total. The summed E-state index contributed by atoms with van der Waals surface area (Å²) in [6, 6.07) is 6.54. The Morgan fingerprint density at radius 3 is 3.00 bits per heavy atom. The number of hydrogen-bond acceptors (Lipinski definition) is 2. The molecule has 0 amide bonds. The van der Waals surface area contributed by atoms with E-state index in [9.17, 15) is 0 Å². The van der Waals surface area contributed by atoms with Gasteiger partial charge in [0.2, 0.25) is 0 Å². The molecule has 1 unspecified atom stereocenters. The number of likely N-dealkylation sites (N-methyl/N-ethyl adjacent to an activating group) is 1. The maximum absolute atomic E-state index is 5.64. The zero-order valence-electron chi connectivity index (χ0n) is 8.96. The van der Waals surface area contributed by atoms with Crippen molar-refractivity contribution in [2.24, 2.45) is 5.73 Å². The van der Waals surface area contributed by atoms with E-state index in [-0.39, 0.29) is 0 Å². The number of benzene rings is 1. The summed E-state index contributed by atoms with van der Waals surface area (Å²) in [5.74, 6) is 0.640. The summed E-state index contributed by atoms with van der Waals surface area (Å²) < 4.78 is 0. The Morgan fingerprint density at radius 1 is 1.50 bits per heavy atom. The van der Waals surface area contributed by atoms with Crippen LogP contribution < -0.4 is 10.6 Å². The van der Waals surface area contributed by atoms with E-state index >= 15 is 0 Å². The Morgan fingerprint density at radius 2 is 2.29 bits per heavy atom. The first kappa shape index (κ1) is 9.53. The van der Waals surface area contributed by atoms with Crippen LogP contribution in [-0.4, -0.2) is 20.1 Å². The van der Waals surface area contributed by atoms with Crippen LogP contribution in [0.15, 0.2) is 18.2 Å². The highest BCUT2D eigenvalue weighted by Crippen LogP contribution is 2.38. The van der Waals surface area contributed by atoms with Crippen LogP contribution >= 0.6 is 0 Å². The van der Waals surface area contributed by atoms with E-state index in [4.69, 9.17) is 5.73 Å². The van der Waals surface area contributed by atoms with Gasteiger partial charge in [0.15, 0.2) is 0 Å². The Hall–Kier alpha value is -1.02. The molecule has 0 bridgehead atoms. The van der Waals surface area contributed by atoms with E-state index in [0.717, 1.165) is 19.5 Å². The van der Waals surface area contributed by atoms with E-state index in [1.54, 1.807) is 0 Å². The van der Waals surface area contributed by atoms with Crippen molar-refractivity contribution in [3.63, 3.8) is 0 Å². The predicted octanol–water partition coefficient (Wildman–Crippen LogP) is 1.88. The molecule has 1 aromatic carbocycles. The first-order chi connectivity index (χ1) is 6.74. The molecule has 0 saturated heterocycles. The van der Waals surface area contributed by atoms with Crippen LogP contribution in [0.3, 0.4) is 0 Å². The molecule has 0 saturated carbocycles. The van der Waals surface area contributed by atoms with Crippen molar-refractivity contribution in [1.29, 1.82) is 0 Å². The Bertz CT molecular complexity index is 333. The lowest BCUT2D eigenvalue weighted by atomic mass is 9.94. The lowest BCUT2D eigenvalue weighted by molar-refractivity contribution is 0.659. The Labute approximate surface area is 85.7 Å². The van der Waals surface area contributed by atoms with Gasteiger partial charge in [0.25, 0.3) is 0 Å². The van der Waals surface area contributed by atoms with Crippen LogP contribution in [0.4, 0.5) is 5.69 Å².